The zero-order valence-corrected chi connectivity index (χ0v) is 17.7. The van der Waals surface area contributed by atoms with Crippen molar-refractivity contribution in [3.63, 3.8) is 0 Å². The van der Waals surface area contributed by atoms with Crippen LogP contribution < -0.4 is 16.4 Å². The molecule has 0 atom stereocenters. The summed E-state index contributed by atoms with van der Waals surface area (Å²) in [5.74, 6) is 3.49. The van der Waals surface area contributed by atoms with Gasteiger partial charge in [-0.25, -0.2) is 4.99 Å². The molecule has 1 aliphatic heterocycles. The van der Waals surface area contributed by atoms with Crippen molar-refractivity contribution in [3.8, 4) is 5.75 Å². The first-order valence-corrected chi connectivity index (χ1v) is 11.8. The topological polar surface area (TPSA) is 100 Å². The number of anilines is 1. The van der Waals surface area contributed by atoms with Crippen molar-refractivity contribution in [2.75, 3.05) is 4.90 Å². The van der Waals surface area contributed by atoms with Crippen LogP contribution in [0.15, 0.2) is 28.2 Å². The molecule has 30 heavy (non-hydrogen) atoms. The predicted octanol–water partition coefficient (Wildman–Crippen LogP) is 3.97. The zero-order chi connectivity index (χ0) is 20.5. The van der Waals surface area contributed by atoms with E-state index in [0.29, 0.717) is 5.96 Å². The maximum Gasteiger partial charge on any atom is 0.220 e. The Balaban J connectivity index is 1.44. The molecule has 6 nitrogen and oxygen atoms in total. The lowest BCUT2D eigenvalue weighted by Crippen LogP contribution is -2.58. The van der Waals surface area contributed by atoms with Crippen LogP contribution in [0.2, 0.25) is 0 Å². The smallest absolute Gasteiger partial charge is 0.220 e. The molecule has 0 unspecified atom stereocenters. The first-order chi connectivity index (χ1) is 14.5. The second kappa shape index (κ2) is 6.38. The summed E-state index contributed by atoms with van der Waals surface area (Å²) < 4.78 is 0. The number of hydrogen-bond donors (Lipinski definition) is 3. The fraction of sp³-hybridized carbons (Fsp3) is 0.667. The summed E-state index contributed by atoms with van der Waals surface area (Å²) in [6, 6.07) is 6.24. The average molecular weight is 408 g/mol. The summed E-state index contributed by atoms with van der Waals surface area (Å²) >= 11 is 0. The largest absolute Gasteiger partial charge is 0.506 e. The number of aliphatic imine (C=N–C) groups is 2. The van der Waals surface area contributed by atoms with Gasteiger partial charge in [0.25, 0.3) is 0 Å². The van der Waals surface area contributed by atoms with E-state index in [1.807, 2.05) is 11.0 Å². The molecule has 5 fully saturated rings. The number of aromatic hydroxyl groups is 1. The van der Waals surface area contributed by atoms with Crippen LogP contribution in [0.25, 0.3) is 0 Å². The second-order valence-corrected chi connectivity index (χ2v) is 10.7. The van der Waals surface area contributed by atoms with Gasteiger partial charge in [-0.1, -0.05) is 12.5 Å². The predicted molar refractivity (Wildman–Crippen MR) is 119 cm³/mol. The summed E-state index contributed by atoms with van der Waals surface area (Å²) in [5, 5.41) is 10.9. The fourth-order valence-corrected chi connectivity index (χ4v) is 7.97. The van der Waals surface area contributed by atoms with Gasteiger partial charge in [0.15, 0.2) is 0 Å². The third kappa shape index (κ3) is 2.68. The van der Waals surface area contributed by atoms with Crippen LogP contribution in [0.1, 0.15) is 76.2 Å². The number of guanidine groups is 2. The molecule has 1 aromatic carbocycles. The van der Waals surface area contributed by atoms with Gasteiger partial charge in [0.2, 0.25) is 11.9 Å². The Morgan fingerprint density at radius 2 is 1.57 bits per heavy atom. The van der Waals surface area contributed by atoms with Gasteiger partial charge in [-0.3, -0.25) is 4.90 Å². The molecule has 5 N–H and O–H groups in total. The number of nitrogens with zero attached hydrogens (tertiary/aromatic N) is 3. The lowest BCUT2D eigenvalue weighted by Gasteiger charge is -2.57. The molecule has 7 rings (SSSR count). The minimum Gasteiger partial charge on any atom is -0.506 e. The van der Waals surface area contributed by atoms with Crippen molar-refractivity contribution in [2.24, 2.45) is 39.2 Å². The highest BCUT2D eigenvalue weighted by molar-refractivity contribution is 6.06. The van der Waals surface area contributed by atoms with E-state index < -0.39 is 5.66 Å². The molecule has 0 amide bonds. The summed E-state index contributed by atoms with van der Waals surface area (Å²) in [4.78, 5) is 11.1. The van der Waals surface area contributed by atoms with Gasteiger partial charge in [-0.05, 0) is 105 Å². The van der Waals surface area contributed by atoms with Gasteiger partial charge in [0, 0.05) is 0 Å². The third-order valence-electron chi connectivity index (χ3n) is 8.72. The molecule has 5 aliphatic carbocycles. The summed E-state index contributed by atoms with van der Waals surface area (Å²) in [6.45, 7) is 0. The number of phenolic OH excluding ortho intramolecular Hbond substituents is 1. The summed E-state index contributed by atoms with van der Waals surface area (Å²) in [6.07, 6.45) is 13.3. The van der Waals surface area contributed by atoms with Gasteiger partial charge in [0.1, 0.15) is 11.4 Å². The minimum atomic E-state index is -0.522. The van der Waals surface area contributed by atoms with E-state index in [1.54, 1.807) is 0 Å². The van der Waals surface area contributed by atoms with Crippen LogP contribution in [0.3, 0.4) is 0 Å². The Labute approximate surface area is 178 Å². The van der Waals surface area contributed by atoms with Crippen LogP contribution in [-0.4, -0.2) is 22.7 Å². The molecule has 5 saturated carbocycles. The molecule has 160 valence electrons. The van der Waals surface area contributed by atoms with Crippen molar-refractivity contribution in [1.29, 1.82) is 0 Å². The molecule has 1 spiro atoms. The second-order valence-electron chi connectivity index (χ2n) is 10.7. The maximum absolute atomic E-state index is 10.9. The summed E-state index contributed by atoms with van der Waals surface area (Å²) in [7, 11) is 0. The number of nitrogens with two attached hydrogens (primary N) is 2. The van der Waals surface area contributed by atoms with E-state index in [2.05, 4.69) is 17.1 Å². The molecular weight excluding hydrogens is 374 g/mol. The van der Waals surface area contributed by atoms with Crippen LogP contribution in [0.5, 0.6) is 5.75 Å². The Morgan fingerprint density at radius 3 is 2.20 bits per heavy atom. The molecule has 0 saturated heterocycles. The molecule has 6 aliphatic rings. The normalized spacial score (nSPS) is 36.7. The lowest BCUT2D eigenvalue weighted by molar-refractivity contribution is -0.00519. The van der Waals surface area contributed by atoms with Crippen molar-refractivity contribution >= 4 is 17.6 Å². The van der Waals surface area contributed by atoms with Gasteiger partial charge in [-0.15, -0.1) is 0 Å². The highest BCUT2D eigenvalue weighted by atomic mass is 16.3. The Kier molecular flexibility index (Phi) is 3.94. The SMILES string of the molecule is NC1=NC2(CCCCC2)N(c2cc(C34CC5CC(CC(C5)C3)C4)ccc2O)C(N)=N1. The number of rotatable bonds is 2. The number of hydrogen-bond acceptors (Lipinski definition) is 6. The minimum absolute atomic E-state index is 0.252. The molecular formula is C24H33N5O. The van der Waals surface area contributed by atoms with E-state index in [0.717, 1.165) is 49.1 Å². The van der Waals surface area contributed by atoms with Crippen LogP contribution in [-0.2, 0) is 5.41 Å². The monoisotopic (exact) mass is 407 g/mol. The first-order valence-electron chi connectivity index (χ1n) is 11.8. The number of benzene rings is 1. The zero-order valence-electron chi connectivity index (χ0n) is 17.7. The van der Waals surface area contributed by atoms with Crippen LogP contribution >= 0.6 is 0 Å². The third-order valence-corrected chi connectivity index (χ3v) is 8.72. The molecule has 6 heteroatoms. The molecule has 0 aromatic heterocycles. The fourth-order valence-electron chi connectivity index (χ4n) is 7.97. The van der Waals surface area contributed by atoms with Crippen LogP contribution in [0, 0.1) is 17.8 Å². The van der Waals surface area contributed by atoms with Gasteiger partial charge >= 0.3 is 0 Å². The van der Waals surface area contributed by atoms with E-state index in [9.17, 15) is 5.11 Å². The molecule has 1 aromatic rings. The van der Waals surface area contributed by atoms with E-state index in [-0.39, 0.29) is 17.1 Å². The average Bonchev–Trinajstić information content (AvgIpc) is 2.68. The molecule has 0 radical (unpaired) electrons. The Bertz CT molecular complexity index is 894. The molecule has 1 heterocycles. The maximum atomic E-state index is 10.9. The van der Waals surface area contributed by atoms with Crippen LogP contribution in [0.4, 0.5) is 5.69 Å². The highest BCUT2D eigenvalue weighted by Gasteiger charge is 2.52. The lowest BCUT2D eigenvalue weighted by atomic mass is 9.48. The van der Waals surface area contributed by atoms with E-state index in [4.69, 9.17) is 16.5 Å². The number of phenols is 1. The summed E-state index contributed by atoms with van der Waals surface area (Å²) in [5.41, 5.74) is 14.3. The van der Waals surface area contributed by atoms with Crippen molar-refractivity contribution in [1.82, 2.24) is 0 Å². The Morgan fingerprint density at radius 1 is 0.933 bits per heavy atom. The van der Waals surface area contributed by atoms with Gasteiger partial charge < -0.3 is 16.6 Å². The standard InChI is InChI=1S/C24H33N5O/c25-21-27-22(26)29(24(28-21)6-2-1-3-7-24)19-11-18(4-5-20(19)30)23-12-15-8-16(13-23)10-17(9-15)14-23/h4-5,11,15-17,30H,1-3,6-10,12-14H2,(H4,25,26,27,28). The highest BCUT2D eigenvalue weighted by Crippen LogP contribution is 2.61. The van der Waals surface area contributed by atoms with Crippen molar-refractivity contribution in [2.45, 2.75) is 81.7 Å². The molecule has 4 bridgehead atoms. The van der Waals surface area contributed by atoms with Crippen molar-refractivity contribution < 1.29 is 5.11 Å². The first kappa shape index (κ1) is 18.5. The van der Waals surface area contributed by atoms with Gasteiger partial charge in [-0.2, -0.15) is 4.99 Å². The Hall–Kier alpha value is -2.24. The van der Waals surface area contributed by atoms with Gasteiger partial charge in [0.05, 0.1) is 5.69 Å². The quantitative estimate of drug-likeness (QED) is 0.690. The van der Waals surface area contributed by atoms with Crippen molar-refractivity contribution in [3.05, 3.63) is 23.8 Å². The van der Waals surface area contributed by atoms with E-state index >= 15 is 0 Å². The van der Waals surface area contributed by atoms with E-state index in [1.165, 1.54) is 50.5 Å².